The molecule has 0 bridgehead atoms. The van der Waals surface area contributed by atoms with Gasteiger partial charge < -0.3 is 20.5 Å². The van der Waals surface area contributed by atoms with Crippen LogP contribution in [0.2, 0.25) is 0 Å². The second kappa shape index (κ2) is 11.9. The van der Waals surface area contributed by atoms with E-state index in [4.69, 9.17) is 10.5 Å². The normalized spacial score (nSPS) is 16.2. The zero-order valence-corrected chi connectivity index (χ0v) is 17.0. The Bertz CT molecular complexity index is 566. The van der Waals surface area contributed by atoms with Crippen molar-refractivity contribution < 1.29 is 14.3 Å². The molecule has 3 N–H and O–H groups in total. The molecule has 7 heteroatoms. The maximum Gasteiger partial charge on any atom is 0.305 e. The highest BCUT2D eigenvalue weighted by Gasteiger charge is 2.21. The van der Waals surface area contributed by atoms with E-state index in [0.717, 1.165) is 43.4 Å². The molecule has 0 fully saturated rings. The third kappa shape index (κ3) is 7.50. The molecule has 0 saturated carbocycles. The zero-order chi connectivity index (χ0) is 17.2. The highest BCUT2D eigenvalue weighted by atomic mass is 127. The van der Waals surface area contributed by atoms with Crippen LogP contribution in [0.25, 0.3) is 0 Å². The number of para-hydroxylation sites is 1. The fraction of sp³-hybridized carbons (Fsp3) is 0.556. The van der Waals surface area contributed by atoms with Gasteiger partial charge in [-0.2, -0.15) is 0 Å². The minimum Gasteiger partial charge on any atom is -0.493 e. The first kappa shape index (κ1) is 21.5. The summed E-state index contributed by atoms with van der Waals surface area (Å²) < 4.78 is 10.3. The predicted octanol–water partition coefficient (Wildman–Crippen LogP) is 3.16. The molecular weight excluding hydrogens is 433 g/mol. The zero-order valence-electron chi connectivity index (χ0n) is 14.7. The molecule has 0 aromatic heterocycles. The summed E-state index contributed by atoms with van der Waals surface area (Å²) in [6.45, 7) is 1.38. The van der Waals surface area contributed by atoms with Crippen molar-refractivity contribution in [1.82, 2.24) is 5.32 Å². The van der Waals surface area contributed by atoms with Crippen LogP contribution in [-0.2, 0) is 9.53 Å². The van der Waals surface area contributed by atoms with Crippen LogP contribution in [0, 0.1) is 0 Å². The quantitative estimate of drug-likeness (QED) is 0.204. The predicted molar refractivity (Wildman–Crippen MR) is 109 cm³/mol. The summed E-state index contributed by atoms with van der Waals surface area (Å²) in [5.74, 6) is 1.25. The van der Waals surface area contributed by atoms with Crippen molar-refractivity contribution in [2.45, 2.75) is 44.6 Å². The third-order valence-electron chi connectivity index (χ3n) is 4.08. The van der Waals surface area contributed by atoms with E-state index in [1.54, 1.807) is 0 Å². The van der Waals surface area contributed by atoms with Crippen molar-refractivity contribution >= 4 is 35.9 Å². The lowest BCUT2D eigenvalue weighted by Crippen LogP contribution is -2.37. The summed E-state index contributed by atoms with van der Waals surface area (Å²) in [6.07, 6.45) is 5.24. The Labute approximate surface area is 166 Å². The van der Waals surface area contributed by atoms with Crippen LogP contribution in [0.4, 0.5) is 0 Å². The standard InChI is InChI=1S/C18H27N3O3.HI/c1-23-17(22)10-4-2-3-7-12-20-18(19)21-15-11-13-24-16-9-6-5-8-14(15)16;/h5-6,8-9,15H,2-4,7,10-13H2,1H3,(H3,19,20,21);1H. The number of nitrogens with zero attached hydrogens (tertiary/aromatic N) is 1. The number of carbonyl (C=O) groups excluding carboxylic acids is 1. The minimum atomic E-state index is -0.141. The SMILES string of the molecule is COC(=O)CCCCCCN=C(N)NC1CCOc2ccccc21.I. The Hall–Kier alpha value is -1.51. The molecular formula is C18H28IN3O3. The summed E-state index contributed by atoms with van der Waals surface area (Å²) in [6, 6.07) is 8.16. The van der Waals surface area contributed by atoms with Crippen LogP contribution in [0.1, 0.15) is 50.1 Å². The van der Waals surface area contributed by atoms with Crippen LogP contribution in [0.5, 0.6) is 5.75 Å². The lowest BCUT2D eigenvalue weighted by atomic mass is 10.0. The Kier molecular flexibility index (Phi) is 10.3. The van der Waals surface area contributed by atoms with E-state index in [1.165, 1.54) is 7.11 Å². The van der Waals surface area contributed by atoms with Crippen molar-refractivity contribution in [3.8, 4) is 5.75 Å². The Balaban J connectivity index is 0.00000312. The van der Waals surface area contributed by atoms with Gasteiger partial charge >= 0.3 is 5.97 Å². The number of ether oxygens (including phenoxy) is 2. The van der Waals surface area contributed by atoms with Gasteiger partial charge in [-0.3, -0.25) is 9.79 Å². The molecule has 1 aliphatic rings. The number of rotatable bonds is 8. The van der Waals surface area contributed by atoms with Crippen molar-refractivity contribution in [3.05, 3.63) is 29.8 Å². The number of hydrogen-bond donors (Lipinski definition) is 2. The molecule has 1 unspecified atom stereocenters. The number of halogens is 1. The van der Waals surface area contributed by atoms with Gasteiger partial charge in [-0.25, -0.2) is 0 Å². The fourth-order valence-electron chi connectivity index (χ4n) is 2.75. The van der Waals surface area contributed by atoms with Gasteiger partial charge in [-0.1, -0.05) is 31.0 Å². The van der Waals surface area contributed by atoms with Crippen LogP contribution in [0.3, 0.4) is 0 Å². The van der Waals surface area contributed by atoms with Gasteiger partial charge in [0.2, 0.25) is 0 Å². The van der Waals surface area contributed by atoms with Crippen LogP contribution >= 0.6 is 24.0 Å². The van der Waals surface area contributed by atoms with Crippen molar-refractivity contribution in [2.75, 3.05) is 20.3 Å². The molecule has 1 heterocycles. The molecule has 0 saturated heterocycles. The van der Waals surface area contributed by atoms with Gasteiger partial charge in [0.25, 0.3) is 0 Å². The average molecular weight is 461 g/mol. The molecule has 25 heavy (non-hydrogen) atoms. The number of methoxy groups -OCH3 is 1. The van der Waals surface area contributed by atoms with E-state index in [1.807, 2.05) is 18.2 Å². The molecule has 1 aromatic carbocycles. The first-order valence-corrected chi connectivity index (χ1v) is 8.55. The number of benzene rings is 1. The molecule has 0 aliphatic carbocycles. The summed E-state index contributed by atoms with van der Waals surface area (Å²) in [4.78, 5) is 15.4. The first-order valence-electron chi connectivity index (χ1n) is 8.55. The number of unbranched alkanes of at least 4 members (excludes halogenated alkanes) is 3. The largest absolute Gasteiger partial charge is 0.493 e. The topological polar surface area (TPSA) is 85.9 Å². The van der Waals surface area contributed by atoms with Crippen molar-refractivity contribution in [1.29, 1.82) is 0 Å². The number of nitrogens with one attached hydrogen (secondary N) is 1. The number of guanidine groups is 1. The number of fused-ring (bicyclic) bond motifs is 1. The molecule has 0 spiro atoms. The maximum absolute atomic E-state index is 11.0. The summed E-state index contributed by atoms with van der Waals surface area (Å²) in [5, 5.41) is 3.29. The molecule has 1 aromatic rings. The van der Waals surface area contributed by atoms with Crippen LogP contribution in [0.15, 0.2) is 29.3 Å². The minimum absolute atomic E-state index is 0. The second-order valence-corrected chi connectivity index (χ2v) is 5.88. The van der Waals surface area contributed by atoms with Gasteiger partial charge in [-0.05, 0) is 18.9 Å². The lowest BCUT2D eigenvalue weighted by molar-refractivity contribution is -0.140. The smallest absolute Gasteiger partial charge is 0.305 e. The second-order valence-electron chi connectivity index (χ2n) is 5.88. The molecule has 6 nitrogen and oxygen atoms in total. The summed E-state index contributed by atoms with van der Waals surface area (Å²) in [7, 11) is 1.42. The highest BCUT2D eigenvalue weighted by molar-refractivity contribution is 14.0. The number of carbonyl (C=O) groups is 1. The Morgan fingerprint density at radius 3 is 2.88 bits per heavy atom. The van der Waals surface area contributed by atoms with E-state index >= 15 is 0 Å². The highest BCUT2D eigenvalue weighted by Crippen LogP contribution is 2.31. The molecule has 1 atom stereocenters. The molecule has 1 aliphatic heterocycles. The molecule has 140 valence electrons. The Morgan fingerprint density at radius 1 is 1.32 bits per heavy atom. The van der Waals surface area contributed by atoms with Crippen LogP contribution < -0.4 is 15.8 Å². The summed E-state index contributed by atoms with van der Waals surface area (Å²) in [5.41, 5.74) is 7.13. The number of aliphatic imine (C=N–C) groups is 1. The van der Waals surface area contributed by atoms with Crippen molar-refractivity contribution in [2.24, 2.45) is 10.7 Å². The first-order chi connectivity index (χ1) is 11.7. The van der Waals surface area contributed by atoms with Gasteiger partial charge in [-0.15, -0.1) is 24.0 Å². The van der Waals surface area contributed by atoms with Gasteiger partial charge in [0.05, 0.1) is 19.8 Å². The third-order valence-corrected chi connectivity index (χ3v) is 4.08. The number of hydrogen-bond acceptors (Lipinski definition) is 4. The molecule has 0 radical (unpaired) electrons. The fourth-order valence-corrected chi connectivity index (χ4v) is 2.75. The van der Waals surface area contributed by atoms with E-state index in [2.05, 4.69) is 21.1 Å². The molecule has 2 rings (SSSR count). The van der Waals surface area contributed by atoms with Crippen molar-refractivity contribution in [3.63, 3.8) is 0 Å². The van der Waals surface area contributed by atoms with E-state index in [9.17, 15) is 4.79 Å². The lowest BCUT2D eigenvalue weighted by Gasteiger charge is -2.26. The van der Waals surface area contributed by atoms with Gasteiger partial charge in [0, 0.05) is 24.9 Å². The van der Waals surface area contributed by atoms with E-state index < -0.39 is 0 Å². The van der Waals surface area contributed by atoms with Gasteiger partial charge in [0.15, 0.2) is 5.96 Å². The summed E-state index contributed by atoms with van der Waals surface area (Å²) >= 11 is 0. The van der Waals surface area contributed by atoms with Gasteiger partial charge in [0.1, 0.15) is 5.75 Å². The number of nitrogens with two attached hydrogens (primary N) is 1. The van der Waals surface area contributed by atoms with E-state index in [-0.39, 0.29) is 36.0 Å². The molecule has 0 amide bonds. The van der Waals surface area contributed by atoms with Crippen LogP contribution in [-0.4, -0.2) is 32.2 Å². The Morgan fingerprint density at radius 2 is 2.08 bits per heavy atom. The number of esters is 1. The van der Waals surface area contributed by atoms with E-state index in [0.29, 0.717) is 25.5 Å². The average Bonchev–Trinajstić information content (AvgIpc) is 2.61. The monoisotopic (exact) mass is 461 g/mol. The maximum atomic E-state index is 11.0.